The van der Waals surface area contributed by atoms with E-state index in [2.05, 4.69) is 6.92 Å². The van der Waals surface area contributed by atoms with Gasteiger partial charge in [-0.05, 0) is 48.6 Å². The fourth-order valence-electron chi connectivity index (χ4n) is 7.42. The Morgan fingerprint density at radius 1 is 0.604 bits per heavy atom. The van der Waals surface area contributed by atoms with Gasteiger partial charge in [-0.15, -0.1) is 0 Å². The van der Waals surface area contributed by atoms with Gasteiger partial charge in [-0.25, -0.2) is 8.42 Å². The van der Waals surface area contributed by atoms with Crippen LogP contribution in [0.3, 0.4) is 0 Å². The first-order valence-corrected chi connectivity index (χ1v) is 21.8. The summed E-state index contributed by atoms with van der Waals surface area (Å²) in [4.78, 5) is 0.477. The first kappa shape index (κ1) is 42.5. The standard InChI is InChI=1S/C47H64O5S/c1-3-4-5-6-7-8-9-10-11-12-13-14-15-16-17-20-26-40-27-25-32-45(46(40)53(50,51)44-35-33-39(2)34-36-44)47(52-38-43(49)37-48,41-28-21-18-22-29-41)42-30-23-19-24-31-42/h18-19,21-25,27-36,43,48-49H,3-17,20,26,37-38H2,1-2H3. The number of hydrogen-bond acceptors (Lipinski definition) is 5. The van der Waals surface area contributed by atoms with Crippen molar-refractivity contribution in [1.82, 2.24) is 0 Å². The molecular formula is C47H64O5S. The van der Waals surface area contributed by atoms with E-state index in [1.54, 1.807) is 12.1 Å². The van der Waals surface area contributed by atoms with Gasteiger partial charge < -0.3 is 14.9 Å². The van der Waals surface area contributed by atoms with Gasteiger partial charge in [-0.1, -0.05) is 200 Å². The maximum atomic E-state index is 14.9. The summed E-state index contributed by atoms with van der Waals surface area (Å²) in [6.45, 7) is 3.54. The van der Waals surface area contributed by atoms with Crippen LogP contribution in [0.2, 0.25) is 0 Å². The van der Waals surface area contributed by atoms with Gasteiger partial charge in [-0.3, -0.25) is 0 Å². The molecule has 4 aromatic carbocycles. The van der Waals surface area contributed by atoms with Gasteiger partial charge in [0, 0.05) is 5.56 Å². The maximum absolute atomic E-state index is 14.9. The third-order valence-corrected chi connectivity index (χ3v) is 12.4. The molecule has 0 aliphatic rings. The number of aliphatic hydroxyl groups excluding tert-OH is 2. The normalized spacial score (nSPS) is 12.6. The Balaban J connectivity index is 1.55. The summed E-state index contributed by atoms with van der Waals surface area (Å²) in [5, 5.41) is 20.4. The summed E-state index contributed by atoms with van der Waals surface area (Å²) in [6, 6.07) is 32.0. The summed E-state index contributed by atoms with van der Waals surface area (Å²) in [6.07, 6.45) is 20.0. The summed E-state index contributed by atoms with van der Waals surface area (Å²) in [7, 11) is -4.02. The van der Waals surface area contributed by atoms with Crippen LogP contribution in [0.1, 0.15) is 137 Å². The lowest BCUT2D eigenvalue weighted by Crippen LogP contribution is -2.38. The number of aliphatic hydroxyl groups is 2. The molecule has 0 saturated heterocycles. The molecule has 0 radical (unpaired) electrons. The first-order chi connectivity index (χ1) is 25.8. The fraction of sp³-hybridized carbons (Fsp3) is 0.489. The largest absolute Gasteiger partial charge is 0.394 e. The molecular weight excluding hydrogens is 677 g/mol. The topological polar surface area (TPSA) is 83.8 Å². The van der Waals surface area contributed by atoms with Crippen molar-refractivity contribution in [2.45, 2.75) is 144 Å². The third-order valence-electron chi connectivity index (χ3n) is 10.4. The van der Waals surface area contributed by atoms with Crippen LogP contribution in [-0.2, 0) is 26.6 Å². The Kier molecular flexibility index (Phi) is 18.3. The van der Waals surface area contributed by atoms with Gasteiger partial charge in [-0.2, -0.15) is 0 Å². The van der Waals surface area contributed by atoms with Gasteiger partial charge in [0.2, 0.25) is 9.84 Å². The minimum Gasteiger partial charge on any atom is -0.394 e. The number of rotatable bonds is 26. The number of ether oxygens (including phenoxy) is 1. The summed E-state index contributed by atoms with van der Waals surface area (Å²) in [5.74, 6) is 0. The average Bonchev–Trinajstić information content (AvgIpc) is 3.18. The van der Waals surface area contributed by atoms with E-state index in [1.807, 2.05) is 97.9 Å². The Bertz CT molecular complexity index is 1650. The van der Waals surface area contributed by atoms with Crippen molar-refractivity contribution in [3.8, 4) is 0 Å². The van der Waals surface area contributed by atoms with Crippen molar-refractivity contribution in [2.75, 3.05) is 13.2 Å². The van der Waals surface area contributed by atoms with E-state index in [4.69, 9.17) is 4.74 Å². The summed E-state index contributed by atoms with van der Waals surface area (Å²) >= 11 is 0. The molecule has 0 fully saturated rings. The predicted molar refractivity (Wildman–Crippen MR) is 218 cm³/mol. The van der Waals surface area contributed by atoms with Crippen LogP contribution in [0.15, 0.2) is 113 Å². The van der Waals surface area contributed by atoms with Gasteiger partial charge in [0.1, 0.15) is 11.7 Å². The lowest BCUT2D eigenvalue weighted by atomic mass is 9.79. The molecule has 0 amide bonds. The zero-order valence-corrected chi connectivity index (χ0v) is 33.2. The lowest BCUT2D eigenvalue weighted by Gasteiger charge is -2.38. The fourth-order valence-corrected chi connectivity index (χ4v) is 9.16. The Morgan fingerprint density at radius 2 is 1.08 bits per heavy atom. The first-order valence-electron chi connectivity index (χ1n) is 20.3. The lowest BCUT2D eigenvalue weighted by molar-refractivity contribution is -0.0535. The Hall–Kier alpha value is -3.29. The monoisotopic (exact) mass is 740 g/mol. The molecule has 5 nitrogen and oxygen atoms in total. The van der Waals surface area contributed by atoms with E-state index in [9.17, 15) is 18.6 Å². The van der Waals surface area contributed by atoms with E-state index in [-0.39, 0.29) is 16.4 Å². The third kappa shape index (κ3) is 12.4. The van der Waals surface area contributed by atoms with Crippen LogP contribution in [0.5, 0.6) is 0 Å². The van der Waals surface area contributed by atoms with E-state index >= 15 is 0 Å². The van der Waals surface area contributed by atoms with Crippen molar-refractivity contribution < 1.29 is 23.4 Å². The van der Waals surface area contributed by atoms with Crippen molar-refractivity contribution in [3.63, 3.8) is 0 Å². The van der Waals surface area contributed by atoms with Crippen LogP contribution in [0.4, 0.5) is 0 Å². The second-order valence-corrected chi connectivity index (χ2v) is 16.6. The van der Waals surface area contributed by atoms with Gasteiger partial charge in [0.25, 0.3) is 0 Å². The average molecular weight is 741 g/mol. The van der Waals surface area contributed by atoms with E-state index in [0.717, 1.165) is 41.5 Å². The highest BCUT2D eigenvalue weighted by Gasteiger charge is 2.43. The molecule has 288 valence electrons. The van der Waals surface area contributed by atoms with Crippen LogP contribution in [-0.4, -0.2) is 37.9 Å². The molecule has 1 atom stereocenters. The van der Waals surface area contributed by atoms with Crippen molar-refractivity contribution >= 4 is 9.84 Å². The van der Waals surface area contributed by atoms with Crippen molar-refractivity contribution in [3.05, 3.63) is 131 Å². The number of unbranched alkanes of at least 4 members (excludes halogenated alkanes) is 15. The second kappa shape index (κ2) is 22.8. The smallest absolute Gasteiger partial charge is 0.207 e. The Morgan fingerprint density at radius 3 is 1.55 bits per heavy atom. The SMILES string of the molecule is CCCCCCCCCCCCCCCCCCc1cccc(C(OCC(O)CO)(c2ccccc2)c2ccccc2)c1S(=O)(=O)c1ccc(C)cc1. The van der Waals surface area contributed by atoms with Crippen LogP contribution in [0, 0.1) is 6.92 Å². The molecule has 0 spiro atoms. The molecule has 53 heavy (non-hydrogen) atoms. The molecule has 2 N–H and O–H groups in total. The Labute approximate surface area is 320 Å². The number of aryl methyl sites for hydroxylation is 2. The van der Waals surface area contributed by atoms with Crippen LogP contribution in [0.25, 0.3) is 0 Å². The molecule has 4 rings (SSSR count). The summed E-state index contributed by atoms with van der Waals surface area (Å²) < 4.78 is 36.6. The van der Waals surface area contributed by atoms with E-state index in [1.165, 1.54) is 83.5 Å². The van der Waals surface area contributed by atoms with E-state index < -0.39 is 28.1 Å². The molecule has 1 unspecified atom stereocenters. The zero-order valence-electron chi connectivity index (χ0n) is 32.4. The molecule has 0 saturated carbocycles. The second-order valence-electron chi connectivity index (χ2n) is 14.7. The van der Waals surface area contributed by atoms with Gasteiger partial charge in [0.05, 0.1) is 23.0 Å². The molecule has 6 heteroatoms. The number of hydrogen-bond donors (Lipinski definition) is 2. The van der Waals surface area contributed by atoms with E-state index in [0.29, 0.717) is 12.0 Å². The minimum absolute atomic E-state index is 0.201. The number of benzene rings is 4. The highest BCUT2D eigenvalue weighted by Crippen LogP contribution is 2.45. The molecule has 0 heterocycles. The molecule has 0 aliphatic heterocycles. The van der Waals surface area contributed by atoms with Crippen LogP contribution < -0.4 is 0 Å². The van der Waals surface area contributed by atoms with Crippen molar-refractivity contribution in [2.24, 2.45) is 0 Å². The van der Waals surface area contributed by atoms with Gasteiger partial charge in [0.15, 0.2) is 0 Å². The van der Waals surface area contributed by atoms with Gasteiger partial charge >= 0.3 is 0 Å². The molecule has 0 aliphatic carbocycles. The predicted octanol–water partition coefficient (Wildman–Crippen LogP) is 11.3. The molecule has 0 aromatic heterocycles. The quantitative estimate of drug-likeness (QED) is 0.0495. The zero-order chi connectivity index (χ0) is 37.8. The highest BCUT2D eigenvalue weighted by molar-refractivity contribution is 7.91. The maximum Gasteiger partial charge on any atom is 0.207 e. The highest BCUT2D eigenvalue weighted by atomic mass is 32.2. The number of sulfone groups is 1. The molecule has 0 bridgehead atoms. The molecule has 4 aromatic rings. The van der Waals surface area contributed by atoms with Crippen molar-refractivity contribution in [1.29, 1.82) is 0 Å². The van der Waals surface area contributed by atoms with Crippen LogP contribution >= 0.6 is 0 Å². The summed E-state index contributed by atoms with van der Waals surface area (Å²) in [5.41, 5.74) is 2.31. The minimum atomic E-state index is -4.02.